The van der Waals surface area contributed by atoms with E-state index in [1.807, 2.05) is 45.9 Å². The third-order valence-corrected chi connectivity index (χ3v) is 3.84. The molecule has 1 aromatic rings. The van der Waals surface area contributed by atoms with Crippen molar-refractivity contribution in [1.82, 2.24) is 0 Å². The van der Waals surface area contributed by atoms with Crippen molar-refractivity contribution in [2.45, 2.75) is 45.8 Å². The summed E-state index contributed by atoms with van der Waals surface area (Å²) in [6.45, 7) is 9.10. The highest BCUT2D eigenvalue weighted by atomic mass is 16.5. The van der Waals surface area contributed by atoms with Crippen LogP contribution in [-0.4, -0.2) is 22.1 Å². The van der Waals surface area contributed by atoms with Crippen LogP contribution in [0.4, 0.5) is 0 Å². The number of ketones is 1. The molecule has 0 atom stereocenters. The molecule has 22 heavy (non-hydrogen) atoms. The van der Waals surface area contributed by atoms with Crippen molar-refractivity contribution in [3.63, 3.8) is 0 Å². The predicted octanol–water partition coefficient (Wildman–Crippen LogP) is 3.96. The fraction of sp³-hybridized carbons (Fsp3) is 0.389. The molecule has 0 spiro atoms. The van der Waals surface area contributed by atoms with Gasteiger partial charge in [-0.1, -0.05) is 0 Å². The standard InChI is InChI=1S/C18H20O4/c1-10(19)13-14(20)11-6-8-17(2,3)21-15(11)12-7-9-18(4,5)22-16(12)13/h6-9,20H,1-5H3. The Labute approximate surface area is 130 Å². The van der Waals surface area contributed by atoms with E-state index in [0.717, 1.165) is 0 Å². The van der Waals surface area contributed by atoms with Gasteiger partial charge in [-0.15, -0.1) is 0 Å². The summed E-state index contributed by atoms with van der Waals surface area (Å²) in [6.07, 6.45) is 7.49. The van der Waals surface area contributed by atoms with Crippen molar-refractivity contribution in [3.05, 3.63) is 28.8 Å². The maximum Gasteiger partial charge on any atom is 0.167 e. The van der Waals surface area contributed by atoms with Gasteiger partial charge in [-0.05, 0) is 58.9 Å². The summed E-state index contributed by atoms with van der Waals surface area (Å²) < 4.78 is 12.0. The van der Waals surface area contributed by atoms with Crippen molar-refractivity contribution < 1.29 is 19.4 Å². The van der Waals surface area contributed by atoms with Crippen LogP contribution in [0.5, 0.6) is 17.2 Å². The molecule has 2 aliphatic rings. The van der Waals surface area contributed by atoms with Gasteiger partial charge in [-0.3, -0.25) is 4.79 Å². The largest absolute Gasteiger partial charge is 0.506 e. The van der Waals surface area contributed by atoms with Gasteiger partial charge in [0.05, 0.1) is 11.1 Å². The number of carbonyl (C=O) groups excluding carboxylic acids is 1. The fourth-order valence-electron chi connectivity index (χ4n) is 2.74. The molecule has 116 valence electrons. The van der Waals surface area contributed by atoms with Crippen LogP contribution in [-0.2, 0) is 0 Å². The Balaban J connectivity index is 2.35. The van der Waals surface area contributed by atoms with Gasteiger partial charge >= 0.3 is 0 Å². The minimum Gasteiger partial charge on any atom is -0.506 e. The Hall–Kier alpha value is -2.23. The average Bonchev–Trinajstić information content (AvgIpc) is 2.35. The number of carbonyl (C=O) groups is 1. The first-order chi connectivity index (χ1) is 10.1. The van der Waals surface area contributed by atoms with E-state index in [1.54, 1.807) is 6.08 Å². The monoisotopic (exact) mass is 300 g/mol. The van der Waals surface area contributed by atoms with Crippen molar-refractivity contribution in [3.8, 4) is 17.2 Å². The molecule has 0 saturated heterocycles. The van der Waals surface area contributed by atoms with Gasteiger partial charge in [-0.2, -0.15) is 0 Å². The highest BCUT2D eigenvalue weighted by molar-refractivity contribution is 6.03. The number of benzene rings is 1. The second-order valence-corrected chi connectivity index (χ2v) is 6.84. The lowest BCUT2D eigenvalue weighted by Gasteiger charge is -2.35. The minimum absolute atomic E-state index is 0.0842. The first-order valence-corrected chi connectivity index (χ1v) is 7.32. The van der Waals surface area contributed by atoms with Gasteiger partial charge in [0.15, 0.2) is 5.78 Å². The van der Waals surface area contributed by atoms with Crippen LogP contribution in [0.1, 0.15) is 56.1 Å². The predicted molar refractivity (Wildman–Crippen MR) is 85.6 cm³/mol. The van der Waals surface area contributed by atoms with Crippen molar-refractivity contribution in [2.75, 3.05) is 0 Å². The van der Waals surface area contributed by atoms with Crippen LogP contribution in [0.25, 0.3) is 12.2 Å². The van der Waals surface area contributed by atoms with Crippen molar-refractivity contribution in [1.29, 1.82) is 0 Å². The van der Waals surface area contributed by atoms with Gasteiger partial charge in [0, 0.05) is 0 Å². The third-order valence-electron chi connectivity index (χ3n) is 3.84. The zero-order valence-corrected chi connectivity index (χ0v) is 13.5. The second-order valence-electron chi connectivity index (χ2n) is 6.84. The van der Waals surface area contributed by atoms with E-state index in [4.69, 9.17) is 9.47 Å². The molecular formula is C18H20O4. The van der Waals surface area contributed by atoms with Gasteiger partial charge in [0.2, 0.25) is 0 Å². The average molecular weight is 300 g/mol. The highest BCUT2D eigenvalue weighted by Crippen LogP contribution is 2.50. The van der Waals surface area contributed by atoms with Crippen molar-refractivity contribution >= 4 is 17.9 Å². The molecule has 0 unspecified atom stereocenters. The third kappa shape index (κ3) is 2.19. The number of hydrogen-bond donors (Lipinski definition) is 1. The maximum atomic E-state index is 12.0. The molecular weight excluding hydrogens is 280 g/mol. The second kappa shape index (κ2) is 4.38. The molecule has 0 saturated carbocycles. The topological polar surface area (TPSA) is 55.8 Å². The van der Waals surface area contributed by atoms with E-state index in [9.17, 15) is 9.90 Å². The number of fused-ring (bicyclic) bond motifs is 3. The number of ether oxygens (including phenoxy) is 2. The summed E-state index contributed by atoms with van der Waals surface area (Å²) in [6, 6.07) is 0. The lowest BCUT2D eigenvalue weighted by molar-refractivity contribution is 0.0995. The molecule has 0 radical (unpaired) electrons. The molecule has 4 heteroatoms. The molecule has 0 aliphatic carbocycles. The molecule has 1 N–H and O–H groups in total. The van der Waals surface area contributed by atoms with E-state index >= 15 is 0 Å². The lowest BCUT2D eigenvalue weighted by Crippen LogP contribution is -2.31. The Bertz CT molecular complexity index is 736. The summed E-state index contributed by atoms with van der Waals surface area (Å²) in [7, 11) is 0. The van der Waals surface area contributed by atoms with Crippen LogP contribution in [0, 0.1) is 0 Å². The summed E-state index contributed by atoms with van der Waals surface area (Å²) in [5.41, 5.74) is 0.411. The fourth-order valence-corrected chi connectivity index (χ4v) is 2.74. The van der Waals surface area contributed by atoms with E-state index in [0.29, 0.717) is 22.6 Å². The molecule has 4 nitrogen and oxygen atoms in total. The first kappa shape index (κ1) is 14.7. The molecule has 3 rings (SSSR count). The van der Waals surface area contributed by atoms with Crippen LogP contribution < -0.4 is 9.47 Å². The summed E-state index contributed by atoms with van der Waals surface area (Å²) in [5.74, 6) is 0.624. The number of phenolic OH excluding ortho intramolecular Hbond substituents is 1. The van der Waals surface area contributed by atoms with Gasteiger partial charge in [0.25, 0.3) is 0 Å². The smallest absolute Gasteiger partial charge is 0.167 e. The van der Waals surface area contributed by atoms with E-state index in [1.165, 1.54) is 6.92 Å². The molecule has 2 aliphatic heterocycles. The molecule has 2 heterocycles. The van der Waals surface area contributed by atoms with E-state index < -0.39 is 11.2 Å². The SMILES string of the molecule is CC(=O)c1c(O)c2c(c3c1OC(C)(C)C=C3)OC(C)(C)C=C2. The number of Topliss-reactive ketones (excluding diaryl/α,β-unsaturated/α-hetero) is 1. The van der Waals surface area contributed by atoms with Gasteiger partial charge in [-0.25, -0.2) is 0 Å². The van der Waals surface area contributed by atoms with Crippen LogP contribution in [0.3, 0.4) is 0 Å². The Morgan fingerprint density at radius 2 is 1.45 bits per heavy atom. The van der Waals surface area contributed by atoms with Crippen LogP contribution >= 0.6 is 0 Å². The highest BCUT2D eigenvalue weighted by Gasteiger charge is 2.35. The zero-order chi connectivity index (χ0) is 16.3. The van der Waals surface area contributed by atoms with Crippen LogP contribution in [0.2, 0.25) is 0 Å². The summed E-state index contributed by atoms with van der Waals surface area (Å²) in [4.78, 5) is 12.0. The number of aromatic hydroxyl groups is 1. The van der Waals surface area contributed by atoms with E-state index in [-0.39, 0.29) is 17.1 Å². The Morgan fingerprint density at radius 1 is 0.955 bits per heavy atom. The van der Waals surface area contributed by atoms with E-state index in [2.05, 4.69) is 0 Å². The quantitative estimate of drug-likeness (QED) is 0.797. The Morgan fingerprint density at radius 3 is 2.00 bits per heavy atom. The lowest BCUT2D eigenvalue weighted by atomic mass is 9.91. The zero-order valence-electron chi connectivity index (χ0n) is 13.5. The minimum atomic E-state index is -0.544. The van der Waals surface area contributed by atoms with Gasteiger partial charge < -0.3 is 14.6 Å². The number of rotatable bonds is 1. The molecule has 1 aromatic carbocycles. The molecule has 0 amide bonds. The number of hydrogen-bond acceptors (Lipinski definition) is 4. The molecule has 0 aromatic heterocycles. The molecule has 0 fully saturated rings. The maximum absolute atomic E-state index is 12.0. The van der Waals surface area contributed by atoms with Gasteiger partial charge in [0.1, 0.15) is 34.0 Å². The molecule has 0 bridgehead atoms. The Kier molecular flexibility index (Phi) is 2.93. The number of phenols is 1. The summed E-state index contributed by atoms with van der Waals surface area (Å²) >= 11 is 0. The van der Waals surface area contributed by atoms with Crippen LogP contribution in [0.15, 0.2) is 12.2 Å². The first-order valence-electron chi connectivity index (χ1n) is 7.32. The summed E-state index contributed by atoms with van der Waals surface area (Å²) in [5, 5.41) is 10.5. The normalized spacial score (nSPS) is 19.7. The van der Waals surface area contributed by atoms with Crippen molar-refractivity contribution in [2.24, 2.45) is 0 Å².